The maximum atomic E-state index is 10.5. The largest absolute Gasteiger partial charge is 0.461 e. The molecule has 4 rings (SSSR count). The minimum Gasteiger partial charge on any atom is -0.461 e. The molecule has 1 aliphatic heterocycles. The number of hydrogen-bond acceptors (Lipinski definition) is 8. The highest BCUT2D eigenvalue weighted by molar-refractivity contribution is 5.86. The highest BCUT2D eigenvalue weighted by Crippen LogP contribution is 2.35. The lowest BCUT2D eigenvalue weighted by Crippen LogP contribution is -2.28. The number of furan rings is 1. The minimum atomic E-state index is -1.13. The fourth-order valence-corrected chi connectivity index (χ4v) is 3.24. The van der Waals surface area contributed by atoms with Gasteiger partial charge >= 0.3 is 0 Å². The predicted molar refractivity (Wildman–Crippen MR) is 106 cm³/mol. The van der Waals surface area contributed by atoms with Crippen molar-refractivity contribution in [2.45, 2.75) is 44.6 Å². The lowest BCUT2D eigenvalue weighted by atomic mass is 10.2. The smallest absolute Gasteiger partial charge is 0.208 e. The average Bonchev–Trinajstić information content (AvgIpc) is 3.45. The number of unbranched alkanes of at least 4 members (excludes halogenated alkanes) is 2. The first kappa shape index (κ1) is 19.4. The van der Waals surface area contributed by atoms with Crippen LogP contribution in [0.2, 0.25) is 0 Å². The predicted octanol–water partition coefficient (Wildman–Crippen LogP) is 1.92. The van der Waals surface area contributed by atoms with E-state index in [0.29, 0.717) is 34.4 Å². The number of aliphatic hydroxyl groups is 2. The number of imidazole rings is 1. The van der Waals surface area contributed by atoms with Gasteiger partial charge in [0.05, 0.1) is 12.9 Å². The molecule has 3 atom stereocenters. The molecular weight excluding hydrogens is 374 g/mol. The number of anilines is 1. The van der Waals surface area contributed by atoms with Crippen molar-refractivity contribution >= 4 is 17.0 Å². The van der Waals surface area contributed by atoms with Gasteiger partial charge in [0.25, 0.3) is 0 Å². The summed E-state index contributed by atoms with van der Waals surface area (Å²) in [6.45, 7) is 2.12. The third-order valence-electron chi connectivity index (χ3n) is 4.75. The van der Waals surface area contributed by atoms with E-state index in [1.807, 2.05) is 0 Å². The van der Waals surface area contributed by atoms with Crippen molar-refractivity contribution in [2.24, 2.45) is 0 Å². The van der Waals surface area contributed by atoms with Gasteiger partial charge in [-0.1, -0.05) is 19.3 Å². The second kappa shape index (κ2) is 8.21. The Bertz CT molecular complexity index is 1050. The summed E-state index contributed by atoms with van der Waals surface area (Å²) in [4.78, 5) is 13.7. The SMILES string of the molecule is CCCCC#Cc1nc(NC)c2nc(-c3ccco3)n([C@@H]3OC[C@@H](O)[C@H]3O)c2n1. The molecule has 0 saturated carbocycles. The van der Waals surface area contributed by atoms with E-state index < -0.39 is 18.4 Å². The van der Waals surface area contributed by atoms with E-state index in [1.54, 1.807) is 23.7 Å². The minimum absolute atomic E-state index is 0.0107. The van der Waals surface area contributed by atoms with Crippen LogP contribution < -0.4 is 5.32 Å². The molecule has 152 valence electrons. The Morgan fingerprint density at radius 3 is 2.83 bits per heavy atom. The lowest BCUT2D eigenvalue weighted by Gasteiger charge is -2.18. The van der Waals surface area contributed by atoms with Crippen molar-refractivity contribution in [3.8, 4) is 23.4 Å². The molecule has 3 aromatic rings. The molecule has 1 fully saturated rings. The molecule has 0 unspecified atom stereocenters. The maximum Gasteiger partial charge on any atom is 0.208 e. The molecule has 1 aliphatic rings. The molecule has 0 radical (unpaired) electrons. The molecule has 0 aromatic carbocycles. The molecular formula is C20H23N5O4. The van der Waals surface area contributed by atoms with E-state index in [-0.39, 0.29) is 6.61 Å². The summed E-state index contributed by atoms with van der Waals surface area (Å²) < 4.78 is 12.8. The van der Waals surface area contributed by atoms with Crippen molar-refractivity contribution in [1.29, 1.82) is 0 Å². The highest BCUT2D eigenvalue weighted by Gasteiger charge is 2.39. The fourth-order valence-electron chi connectivity index (χ4n) is 3.24. The molecule has 3 N–H and O–H groups in total. The van der Waals surface area contributed by atoms with Gasteiger partial charge in [-0.2, -0.15) is 0 Å². The first-order chi connectivity index (χ1) is 14.1. The summed E-state index contributed by atoms with van der Waals surface area (Å²) >= 11 is 0. The van der Waals surface area contributed by atoms with Crippen molar-refractivity contribution in [2.75, 3.05) is 19.0 Å². The van der Waals surface area contributed by atoms with E-state index in [9.17, 15) is 10.2 Å². The van der Waals surface area contributed by atoms with Gasteiger partial charge in [-0.05, 0) is 24.5 Å². The van der Waals surface area contributed by atoms with Crippen molar-refractivity contribution in [1.82, 2.24) is 19.5 Å². The van der Waals surface area contributed by atoms with Crippen LogP contribution in [0.4, 0.5) is 5.82 Å². The van der Waals surface area contributed by atoms with E-state index in [2.05, 4.69) is 39.0 Å². The van der Waals surface area contributed by atoms with Gasteiger partial charge in [0.1, 0.15) is 12.2 Å². The number of fused-ring (bicyclic) bond motifs is 1. The zero-order valence-electron chi connectivity index (χ0n) is 16.3. The number of aromatic nitrogens is 4. The lowest BCUT2D eigenvalue weighted by molar-refractivity contribution is -0.0154. The summed E-state index contributed by atoms with van der Waals surface area (Å²) in [6.07, 6.45) is 1.38. The monoisotopic (exact) mass is 397 g/mol. The number of rotatable bonds is 5. The van der Waals surface area contributed by atoms with Gasteiger partial charge in [-0.15, -0.1) is 0 Å². The van der Waals surface area contributed by atoms with Gasteiger partial charge in [-0.3, -0.25) is 4.57 Å². The summed E-state index contributed by atoms with van der Waals surface area (Å²) in [7, 11) is 1.74. The molecule has 1 saturated heterocycles. The van der Waals surface area contributed by atoms with Crippen LogP contribution in [-0.2, 0) is 4.74 Å². The number of aliphatic hydroxyl groups excluding tert-OH is 2. The zero-order valence-corrected chi connectivity index (χ0v) is 16.3. The van der Waals surface area contributed by atoms with Crippen molar-refractivity contribution in [3.63, 3.8) is 0 Å². The second-order valence-corrected chi connectivity index (χ2v) is 6.79. The van der Waals surface area contributed by atoms with E-state index >= 15 is 0 Å². The van der Waals surface area contributed by atoms with Crippen LogP contribution in [0.1, 0.15) is 38.2 Å². The Labute approximate surface area is 167 Å². The molecule has 9 heteroatoms. The fraction of sp³-hybridized carbons (Fsp3) is 0.450. The number of nitrogens with zero attached hydrogens (tertiary/aromatic N) is 4. The zero-order chi connectivity index (χ0) is 20.4. The molecule has 9 nitrogen and oxygen atoms in total. The maximum absolute atomic E-state index is 10.5. The van der Waals surface area contributed by atoms with Gasteiger partial charge in [-0.25, -0.2) is 15.0 Å². The van der Waals surface area contributed by atoms with Gasteiger partial charge < -0.3 is 24.7 Å². The molecule has 0 aliphatic carbocycles. The van der Waals surface area contributed by atoms with E-state index in [0.717, 1.165) is 19.3 Å². The van der Waals surface area contributed by atoms with Crippen LogP contribution >= 0.6 is 0 Å². The van der Waals surface area contributed by atoms with E-state index in [4.69, 9.17) is 9.15 Å². The molecule has 0 bridgehead atoms. The van der Waals surface area contributed by atoms with Crippen molar-refractivity contribution < 1.29 is 19.4 Å². The number of hydrogen-bond donors (Lipinski definition) is 3. The topological polar surface area (TPSA) is 118 Å². The van der Waals surface area contributed by atoms with Crippen LogP contribution in [0.25, 0.3) is 22.7 Å². The highest BCUT2D eigenvalue weighted by atomic mass is 16.5. The first-order valence-corrected chi connectivity index (χ1v) is 9.62. The molecule has 3 aromatic heterocycles. The van der Waals surface area contributed by atoms with Crippen molar-refractivity contribution in [3.05, 3.63) is 24.2 Å². The Balaban J connectivity index is 1.90. The van der Waals surface area contributed by atoms with Gasteiger partial charge in [0.2, 0.25) is 5.82 Å². The summed E-state index contributed by atoms with van der Waals surface area (Å²) in [5.41, 5.74) is 0.934. The quantitative estimate of drug-likeness (QED) is 0.441. The first-order valence-electron chi connectivity index (χ1n) is 9.62. The van der Waals surface area contributed by atoms with Crippen LogP contribution in [0.5, 0.6) is 0 Å². The van der Waals surface area contributed by atoms with Gasteiger partial charge in [0.15, 0.2) is 34.8 Å². The third kappa shape index (κ3) is 3.58. The van der Waals surface area contributed by atoms with Crippen LogP contribution in [0.3, 0.4) is 0 Å². The molecule has 29 heavy (non-hydrogen) atoms. The average molecular weight is 397 g/mol. The Morgan fingerprint density at radius 1 is 1.31 bits per heavy atom. The van der Waals surface area contributed by atoms with Gasteiger partial charge in [0, 0.05) is 13.5 Å². The molecule has 0 spiro atoms. The Kier molecular flexibility index (Phi) is 5.49. The molecule has 4 heterocycles. The van der Waals surface area contributed by atoms with Crippen LogP contribution in [0, 0.1) is 11.8 Å². The number of ether oxygens (including phenoxy) is 1. The van der Waals surface area contributed by atoms with E-state index in [1.165, 1.54) is 6.26 Å². The third-order valence-corrected chi connectivity index (χ3v) is 4.75. The Hall–Kier alpha value is -2.93. The molecule has 0 amide bonds. The normalized spacial score (nSPS) is 21.3. The summed E-state index contributed by atoms with van der Waals surface area (Å²) in [6, 6.07) is 3.50. The van der Waals surface area contributed by atoms with Crippen LogP contribution in [0.15, 0.2) is 22.8 Å². The van der Waals surface area contributed by atoms with Crippen LogP contribution in [-0.4, -0.2) is 55.6 Å². The Morgan fingerprint density at radius 2 is 2.17 bits per heavy atom. The standard InChI is InChI=1S/C20H23N5O4/c1-3-4-5-6-9-14-22-17(21-2)15-19(23-14)25(20-16(27)12(26)11-29-20)18(24-15)13-8-7-10-28-13/h7-8,10,12,16,20,26-27H,3-5,11H2,1-2H3,(H,21,22,23)/t12-,16-,20-/m1/s1. The summed E-state index contributed by atoms with van der Waals surface area (Å²) in [5.74, 6) is 7.84. The second-order valence-electron chi connectivity index (χ2n) is 6.79. The summed E-state index contributed by atoms with van der Waals surface area (Å²) in [5, 5.41) is 23.5. The number of nitrogens with one attached hydrogen (secondary N) is 1.